The van der Waals surface area contributed by atoms with Gasteiger partial charge in [-0.25, -0.2) is 4.79 Å². The summed E-state index contributed by atoms with van der Waals surface area (Å²) >= 11 is 0. The molecule has 1 unspecified atom stereocenters. The van der Waals surface area contributed by atoms with Crippen LogP contribution in [0.4, 0.5) is 4.79 Å². The third-order valence-corrected chi connectivity index (χ3v) is 4.53. The van der Waals surface area contributed by atoms with Gasteiger partial charge in [-0.15, -0.1) is 0 Å². The summed E-state index contributed by atoms with van der Waals surface area (Å²) in [5, 5.41) is 13.1. The van der Waals surface area contributed by atoms with Gasteiger partial charge in [0.25, 0.3) is 5.88 Å². The number of aromatic nitrogens is 1. The van der Waals surface area contributed by atoms with Crippen molar-refractivity contribution >= 4 is 12.1 Å². The molecule has 2 rings (SSSR count). The average molecular weight is 412 g/mol. The minimum absolute atomic E-state index is 0.0579. The van der Waals surface area contributed by atoms with Gasteiger partial charge in [-0.3, -0.25) is 4.79 Å². The van der Waals surface area contributed by atoms with Crippen molar-refractivity contribution in [1.82, 2.24) is 10.1 Å². The molecule has 0 saturated carbocycles. The molecule has 0 radical (unpaired) electrons. The van der Waals surface area contributed by atoms with Crippen LogP contribution in [0.15, 0.2) is 10.6 Å². The Bertz CT molecular complexity index is 673. The number of piperidine rings is 1. The van der Waals surface area contributed by atoms with Crippen molar-refractivity contribution in [2.45, 2.75) is 65.1 Å². The molecule has 1 amide bonds. The van der Waals surface area contributed by atoms with Gasteiger partial charge >= 0.3 is 12.1 Å². The Morgan fingerprint density at radius 3 is 2.48 bits per heavy atom. The number of aliphatic carboxylic acids is 1. The highest BCUT2D eigenvalue weighted by atomic mass is 16.6. The molecule has 1 aliphatic heterocycles. The van der Waals surface area contributed by atoms with Gasteiger partial charge in [-0.2, -0.15) is 0 Å². The van der Waals surface area contributed by atoms with Crippen LogP contribution < -0.4 is 4.74 Å². The highest BCUT2D eigenvalue weighted by Gasteiger charge is 2.29. The van der Waals surface area contributed by atoms with Crippen molar-refractivity contribution < 1.29 is 33.4 Å². The fourth-order valence-corrected chi connectivity index (χ4v) is 3.11. The van der Waals surface area contributed by atoms with Gasteiger partial charge in [-0.1, -0.05) is 13.8 Å². The molecule has 1 aromatic rings. The molecule has 1 aliphatic rings. The lowest BCUT2D eigenvalue weighted by atomic mass is 9.94. The molecule has 9 nitrogen and oxygen atoms in total. The number of hydrogen-bond acceptors (Lipinski definition) is 7. The first-order valence-corrected chi connectivity index (χ1v) is 9.98. The molecular weight excluding hydrogens is 380 g/mol. The van der Waals surface area contributed by atoms with Gasteiger partial charge in [-0.05, 0) is 44.7 Å². The summed E-state index contributed by atoms with van der Waals surface area (Å²) in [6, 6.07) is 1.51. The third kappa shape index (κ3) is 7.23. The van der Waals surface area contributed by atoms with Crippen LogP contribution in [0.3, 0.4) is 0 Å². The van der Waals surface area contributed by atoms with Crippen LogP contribution in [0.25, 0.3) is 0 Å². The van der Waals surface area contributed by atoms with E-state index in [2.05, 4.69) is 5.16 Å². The van der Waals surface area contributed by atoms with Crippen LogP contribution in [0.5, 0.6) is 5.88 Å². The summed E-state index contributed by atoms with van der Waals surface area (Å²) in [6.07, 6.45) is 1.24. The second-order valence-electron chi connectivity index (χ2n) is 8.51. The van der Waals surface area contributed by atoms with E-state index in [1.807, 2.05) is 34.6 Å². The number of carbonyl (C=O) groups is 2. The summed E-state index contributed by atoms with van der Waals surface area (Å²) in [6.45, 7) is 11.0. The quantitative estimate of drug-likeness (QED) is 0.648. The molecule has 0 aliphatic carbocycles. The minimum atomic E-state index is -0.955. The fourth-order valence-electron chi connectivity index (χ4n) is 3.11. The number of carboxylic acids is 1. The van der Waals surface area contributed by atoms with Crippen LogP contribution in [0, 0.1) is 5.92 Å². The van der Waals surface area contributed by atoms with Crippen molar-refractivity contribution in [2.24, 2.45) is 5.92 Å². The molecule has 164 valence electrons. The van der Waals surface area contributed by atoms with E-state index in [9.17, 15) is 14.7 Å². The van der Waals surface area contributed by atoms with Crippen LogP contribution in [0.2, 0.25) is 0 Å². The van der Waals surface area contributed by atoms with Gasteiger partial charge < -0.3 is 28.7 Å². The Hall–Kier alpha value is -2.29. The molecular formula is C20H32N2O7. The Balaban J connectivity index is 1.68. The highest BCUT2D eigenvalue weighted by molar-refractivity contribution is 5.75. The third-order valence-electron chi connectivity index (χ3n) is 4.53. The molecule has 1 N–H and O–H groups in total. The molecule has 9 heteroatoms. The lowest BCUT2D eigenvalue weighted by molar-refractivity contribution is -0.140. The Kier molecular flexibility index (Phi) is 7.89. The second-order valence-corrected chi connectivity index (χ2v) is 8.51. The largest absolute Gasteiger partial charge is 0.481 e. The normalized spacial score (nSPS) is 16.7. The van der Waals surface area contributed by atoms with Gasteiger partial charge in [0, 0.05) is 19.2 Å². The number of ether oxygens (including phenoxy) is 3. The van der Waals surface area contributed by atoms with E-state index in [4.69, 9.17) is 18.7 Å². The smallest absolute Gasteiger partial charge is 0.410 e. The van der Waals surface area contributed by atoms with Crippen LogP contribution >= 0.6 is 0 Å². The number of hydrogen-bond donors (Lipinski definition) is 1. The molecule has 1 saturated heterocycles. The lowest BCUT2D eigenvalue weighted by Gasteiger charge is -2.33. The van der Waals surface area contributed by atoms with E-state index in [0.29, 0.717) is 19.7 Å². The highest BCUT2D eigenvalue weighted by Crippen LogP contribution is 2.27. The minimum Gasteiger partial charge on any atom is -0.481 e. The summed E-state index contributed by atoms with van der Waals surface area (Å²) in [4.78, 5) is 25.1. The number of amides is 1. The molecule has 0 aromatic carbocycles. The van der Waals surface area contributed by atoms with Gasteiger partial charge in [0.1, 0.15) is 18.1 Å². The van der Waals surface area contributed by atoms with Gasteiger partial charge in [0.05, 0.1) is 12.7 Å². The van der Waals surface area contributed by atoms with E-state index >= 15 is 0 Å². The average Bonchev–Trinajstić information content (AvgIpc) is 3.05. The summed E-state index contributed by atoms with van der Waals surface area (Å²) < 4.78 is 21.8. The van der Waals surface area contributed by atoms with Crippen LogP contribution in [-0.2, 0) is 14.3 Å². The topological polar surface area (TPSA) is 111 Å². The van der Waals surface area contributed by atoms with Crippen molar-refractivity contribution in [2.75, 3.05) is 26.3 Å². The van der Waals surface area contributed by atoms with E-state index in [0.717, 1.165) is 12.8 Å². The molecule has 1 atom stereocenters. The predicted octanol–water partition coefficient (Wildman–Crippen LogP) is 3.29. The predicted molar refractivity (Wildman–Crippen MR) is 104 cm³/mol. The van der Waals surface area contributed by atoms with E-state index in [1.54, 1.807) is 4.90 Å². The summed E-state index contributed by atoms with van der Waals surface area (Å²) in [5.41, 5.74) is -0.498. The molecule has 29 heavy (non-hydrogen) atoms. The van der Waals surface area contributed by atoms with Crippen LogP contribution in [-0.4, -0.2) is 65.2 Å². The second kappa shape index (κ2) is 9.96. The van der Waals surface area contributed by atoms with E-state index in [-0.39, 0.29) is 36.4 Å². The zero-order valence-electron chi connectivity index (χ0n) is 17.8. The first-order chi connectivity index (χ1) is 13.6. The number of nitrogens with zero attached hydrogens (tertiary/aromatic N) is 2. The Morgan fingerprint density at radius 2 is 1.93 bits per heavy atom. The number of rotatable bonds is 8. The molecule has 0 bridgehead atoms. The fraction of sp³-hybridized carbons (Fsp3) is 0.750. The van der Waals surface area contributed by atoms with Crippen molar-refractivity contribution in [1.29, 1.82) is 0 Å². The Labute approximate surface area is 171 Å². The molecule has 1 fully saturated rings. The number of carbonyl (C=O) groups excluding carboxylic acids is 1. The molecule has 1 aromatic heterocycles. The van der Waals surface area contributed by atoms with E-state index in [1.165, 1.54) is 6.07 Å². The van der Waals surface area contributed by atoms with Gasteiger partial charge in [0.15, 0.2) is 5.76 Å². The van der Waals surface area contributed by atoms with Crippen molar-refractivity contribution in [3.63, 3.8) is 0 Å². The summed E-state index contributed by atoms with van der Waals surface area (Å²) in [7, 11) is 0. The summed E-state index contributed by atoms with van der Waals surface area (Å²) in [5.74, 6) is -1.31. The van der Waals surface area contributed by atoms with Crippen LogP contribution in [0.1, 0.15) is 59.1 Å². The Morgan fingerprint density at radius 1 is 1.28 bits per heavy atom. The maximum atomic E-state index is 12.1. The number of likely N-dealkylation sites (tertiary alicyclic amines) is 1. The zero-order valence-corrected chi connectivity index (χ0v) is 17.8. The monoisotopic (exact) mass is 412 g/mol. The van der Waals surface area contributed by atoms with Gasteiger partial charge in [0.2, 0.25) is 0 Å². The SMILES string of the molecule is CC(C)C(C(=O)O)c1cc(OCCOC2CCN(C(=O)OC(C)(C)C)CC2)no1. The molecule has 2 heterocycles. The molecule has 0 spiro atoms. The van der Waals surface area contributed by atoms with E-state index < -0.39 is 17.5 Å². The first kappa shape index (κ1) is 23.0. The maximum Gasteiger partial charge on any atom is 0.410 e. The zero-order chi connectivity index (χ0) is 21.6. The number of carboxylic acid groups (broad SMARTS) is 1. The first-order valence-electron chi connectivity index (χ1n) is 9.98. The van der Waals surface area contributed by atoms with Crippen molar-refractivity contribution in [3.8, 4) is 5.88 Å². The maximum absolute atomic E-state index is 12.1. The lowest BCUT2D eigenvalue weighted by Crippen LogP contribution is -2.43. The van der Waals surface area contributed by atoms with Crippen molar-refractivity contribution in [3.05, 3.63) is 11.8 Å². The standard InChI is InChI=1S/C20H32N2O7/c1-13(2)17(18(23)24)15-12-16(21-29-15)27-11-10-26-14-6-8-22(9-7-14)19(25)28-20(3,4)5/h12-14,17H,6-11H2,1-5H3,(H,23,24).